The Morgan fingerprint density at radius 2 is 1.81 bits per heavy atom. The van der Waals surface area contributed by atoms with Crippen LogP contribution in [0.25, 0.3) is 0 Å². The number of hydrogen-bond acceptors (Lipinski definition) is 3. The highest BCUT2D eigenvalue weighted by Gasteiger charge is 2.48. The van der Waals surface area contributed by atoms with Crippen LogP contribution < -0.4 is 4.90 Å². The second-order valence-corrected chi connectivity index (χ2v) is 10.1. The molecule has 2 aliphatic heterocycles. The molecule has 5 atom stereocenters. The highest BCUT2D eigenvalue weighted by Crippen LogP contribution is 2.59. The zero-order chi connectivity index (χ0) is 22.0. The molecule has 0 radical (unpaired) electrons. The minimum absolute atomic E-state index is 0.155. The Labute approximate surface area is 198 Å². The highest BCUT2D eigenvalue weighted by atomic mass is 35.5. The maximum Gasteiger partial charge on any atom is 0.338 e. The topological polar surface area (TPSA) is 29.5 Å². The second-order valence-electron chi connectivity index (χ2n) is 9.27. The van der Waals surface area contributed by atoms with Crippen LogP contribution in [0, 0.1) is 11.8 Å². The van der Waals surface area contributed by atoms with Crippen molar-refractivity contribution >= 4 is 34.9 Å². The molecule has 0 unspecified atom stereocenters. The summed E-state index contributed by atoms with van der Waals surface area (Å²) in [4.78, 5) is 15.3. The molecule has 5 heteroatoms. The predicted molar refractivity (Wildman–Crippen MR) is 129 cm³/mol. The molecule has 0 spiro atoms. The number of ether oxygens (including phenoxy) is 1. The normalized spacial score (nSPS) is 29.0. The fourth-order valence-electron chi connectivity index (χ4n) is 6.41. The number of nitrogens with zero attached hydrogens (tertiary/aromatic N) is 1. The summed E-state index contributed by atoms with van der Waals surface area (Å²) in [5.74, 6) is 1.21. The van der Waals surface area contributed by atoms with Crippen molar-refractivity contribution in [1.82, 2.24) is 0 Å². The van der Waals surface area contributed by atoms with Crippen LogP contribution in [0.3, 0.4) is 0 Å². The van der Waals surface area contributed by atoms with E-state index in [-0.39, 0.29) is 17.9 Å². The first-order chi connectivity index (χ1) is 15.6. The smallest absolute Gasteiger partial charge is 0.338 e. The molecule has 6 rings (SSSR count). The molecule has 0 amide bonds. The van der Waals surface area contributed by atoms with Crippen LogP contribution in [-0.4, -0.2) is 19.1 Å². The third-order valence-corrected chi connectivity index (χ3v) is 8.49. The van der Waals surface area contributed by atoms with Gasteiger partial charge in [-0.2, -0.15) is 0 Å². The summed E-state index contributed by atoms with van der Waals surface area (Å²) in [5, 5.41) is 1.26. The summed E-state index contributed by atoms with van der Waals surface area (Å²) in [7, 11) is 0. The van der Waals surface area contributed by atoms with Crippen molar-refractivity contribution in [2.75, 3.05) is 18.1 Å². The number of allylic oxidation sites excluding steroid dienone is 4. The Morgan fingerprint density at radius 1 is 1.06 bits per heavy atom. The van der Waals surface area contributed by atoms with Gasteiger partial charge >= 0.3 is 5.97 Å². The molecule has 2 heterocycles. The molecule has 0 saturated heterocycles. The second kappa shape index (κ2) is 7.67. The van der Waals surface area contributed by atoms with Gasteiger partial charge in [-0.1, -0.05) is 59.6 Å². The van der Waals surface area contributed by atoms with E-state index in [9.17, 15) is 4.79 Å². The zero-order valence-corrected chi connectivity index (χ0v) is 19.4. The number of fused-ring (bicyclic) bond motifs is 4. The average molecular weight is 466 g/mol. The number of anilines is 1. The molecular weight excluding hydrogens is 441 g/mol. The lowest BCUT2D eigenvalue weighted by atomic mass is 9.70. The predicted octanol–water partition coefficient (Wildman–Crippen LogP) is 7.06. The molecule has 2 aromatic carbocycles. The Kier molecular flexibility index (Phi) is 4.89. The van der Waals surface area contributed by atoms with Crippen molar-refractivity contribution in [3.8, 4) is 0 Å². The molecule has 2 aliphatic carbocycles. The Hall–Kier alpha value is -2.23. The van der Waals surface area contributed by atoms with Gasteiger partial charge in [0, 0.05) is 24.1 Å². The minimum Gasteiger partial charge on any atom is -0.462 e. The lowest BCUT2D eigenvalue weighted by Crippen LogP contribution is -2.46. The van der Waals surface area contributed by atoms with E-state index in [2.05, 4.69) is 47.4 Å². The molecule has 32 heavy (non-hydrogen) atoms. The van der Waals surface area contributed by atoms with Crippen LogP contribution in [0.4, 0.5) is 5.69 Å². The van der Waals surface area contributed by atoms with Gasteiger partial charge in [-0.25, -0.2) is 4.79 Å². The van der Waals surface area contributed by atoms with Crippen molar-refractivity contribution in [2.45, 2.75) is 37.6 Å². The van der Waals surface area contributed by atoms with Crippen molar-refractivity contribution < 1.29 is 9.53 Å². The van der Waals surface area contributed by atoms with Crippen molar-refractivity contribution in [3.05, 3.63) is 86.9 Å². The van der Waals surface area contributed by atoms with E-state index >= 15 is 0 Å². The van der Waals surface area contributed by atoms with E-state index in [1.54, 1.807) is 0 Å². The fraction of sp³-hybridized carbons (Fsp3) is 0.370. The summed E-state index contributed by atoms with van der Waals surface area (Å²) in [6.45, 7) is 3.21. The van der Waals surface area contributed by atoms with Crippen LogP contribution in [-0.2, 0) is 4.74 Å². The summed E-state index contributed by atoms with van der Waals surface area (Å²) >= 11 is 13.2. The molecule has 2 aromatic rings. The van der Waals surface area contributed by atoms with E-state index < -0.39 is 0 Å². The number of carbonyl (C=O) groups is 1. The number of benzene rings is 2. The SMILES string of the molecule is CCOC(=O)c1cc2c3c(c1)[C@@H]1C=CC[C@@H]1[C@@H](c1cccc(Cl)c1Cl)N3C[C@@H]1CC=C[C@@H]21. The quantitative estimate of drug-likeness (QED) is 0.358. The van der Waals surface area contributed by atoms with Gasteiger partial charge in [0.1, 0.15) is 0 Å². The number of halogens is 2. The third kappa shape index (κ3) is 2.90. The van der Waals surface area contributed by atoms with Gasteiger partial charge < -0.3 is 9.64 Å². The molecule has 164 valence electrons. The monoisotopic (exact) mass is 465 g/mol. The summed E-state index contributed by atoms with van der Waals surface area (Å²) in [6, 6.07) is 10.3. The molecule has 0 bridgehead atoms. The van der Waals surface area contributed by atoms with E-state index in [1.807, 2.05) is 19.1 Å². The number of esters is 1. The van der Waals surface area contributed by atoms with Gasteiger partial charge in [0.25, 0.3) is 0 Å². The van der Waals surface area contributed by atoms with E-state index in [4.69, 9.17) is 27.9 Å². The zero-order valence-electron chi connectivity index (χ0n) is 17.9. The van der Waals surface area contributed by atoms with Gasteiger partial charge in [-0.05, 0) is 66.5 Å². The molecule has 3 nitrogen and oxygen atoms in total. The standard InChI is InChI=1S/C27H25Cl2NO2/c1-2-32-27(31)16-12-21-17-7-3-6-15(17)14-30-25(20-10-5-11-23(28)24(20)29)19-9-4-8-18(19)22(13-16)26(21)30/h3-5,7-8,10-13,15,17-19,25H,2,6,9,14H2,1H3/t15-,17+,18+,19-,25-/m0/s1. The molecular formula is C27H25Cl2NO2. The molecule has 0 fully saturated rings. The van der Waals surface area contributed by atoms with Crippen LogP contribution in [0.1, 0.15) is 64.7 Å². The van der Waals surface area contributed by atoms with Gasteiger partial charge in [-0.15, -0.1) is 0 Å². The summed E-state index contributed by atoms with van der Waals surface area (Å²) < 4.78 is 5.38. The molecule has 0 saturated carbocycles. The number of carbonyl (C=O) groups excluding carboxylic acids is 1. The van der Waals surface area contributed by atoms with Crippen LogP contribution in [0.2, 0.25) is 10.0 Å². The van der Waals surface area contributed by atoms with Crippen molar-refractivity contribution in [2.24, 2.45) is 11.8 Å². The van der Waals surface area contributed by atoms with Gasteiger partial charge in [0.15, 0.2) is 0 Å². The summed E-state index contributed by atoms with van der Waals surface area (Å²) in [6.07, 6.45) is 11.3. The first-order valence-electron chi connectivity index (χ1n) is 11.5. The fourth-order valence-corrected chi connectivity index (χ4v) is 6.83. The number of hydrogen-bond donors (Lipinski definition) is 0. The lowest BCUT2D eigenvalue weighted by Gasteiger charge is -2.51. The van der Waals surface area contributed by atoms with E-state index in [0.29, 0.717) is 40.0 Å². The van der Waals surface area contributed by atoms with Crippen molar-refractivity contribution in [1.29, 1.82) is 0 Å². The maximum atomic E-state index is 12.7. The molecule has 0 aromatic heterocycles. The largest absolute Gasteiger partial charge is 0.462 e. The first-order valence-corrected chi connectivity index (χ1v) is 12.2. The maximum absolute atomic E-state index is 12.7. The number of rotatable bonds is 3. The van der Waals surface area contributed by atoms with Gasteiger partial charge in [0.2, 0.25) is 0 Å². The van der Waals surface area contributed by atoms with Crippen LogP contribution in [0.5, 0.6) is 0 Å². The van der Waals surface area contributed by atoms with E-state index in [0.717, 1.165) is 24.9 Å². The highest BCUT2D eigenvalue weighted by molar-refractivity contribution is 6.42. The lowest BCUT2D eigenvalue weighted by molar-refractivity contribution is 0.0526. The minimum atomic E-state index is -0.235. The van der Waals surface area contributed by atoms with Crippen molar-refractivity contribution in [3.63, 3.8) is 0 Å². The average Bonchev–Trinajstić information content (AvgIpc) is 3.46. The summed E-state index contributed by atoms with van der Waals surface area (Å²) in [5.41, 5.74) is 5.54. The van der Waals surface area contributed by atoms with Gasteiger partial charge in [-0.3, -0.25) is 0 Å². The van der Waals surface area contributed by atoms with Crippen LogP contribution in [0.15, 0.2) is 54.6 Å². The Bertz CT molecular complexity index is 1150. The molecule has 0 N–H and O–H groups in total. The Balaban J connectivity index is 1.58. The van der Waals surface area contributed by atoms with Gasteiger partial charge in [0.05, 0.1) is 28.3 Å². The van der Waals surface area contributed by atoms with E-state index in [1.165, 1.54) is 16.8 Å². The third-order valence-electron chi connectivity index (χ3n) is 7.66. The first kappa shape index (κ1) is 20.4. The molecule has 4 aliphatic rings. The van der Waals surface area contributed by atoms with Crippen LogP contribution >= 0.6 is 23.2 Å². The Morgan fingerprint density at radius 3 is 2.62 bits per heavy atom.